The molecule has 0 aliphatic carbocycles. The fourth-order valence-electron chi connectivity index (χ4n) is 2.78. The third-order valence-corrected chi connectivity index (χ3v) is 4.18. The van der Waals surface area contributed by atoms with E-state index in [2.05, 4.69) is 24.5 Å². The van der Waals surface area contributed by atoms with Crippen LogP contribution in [0, 0.1) is 0 Å². The lowest BCUT2D eigenvalue weighted by Crippen LogP contribution is -2.29. The molecular formula is C21H28N2O3. The molecule has 0 unspecified atom stereocenters. The molecule has 0 spiro atoms. The van der Waals surface area contributed by atoms with Gasteiger partial charge in [-0.2, -0.15) is 0 Å². The molecule has 0 aromatic heterocycles. The Kier molecular flexibility index (Phi) is 7.48. The second-order valence-electron chi connectivity index (χ2n) is 6.41. The Morgan fingerprint density at radius 1 is 1.04 bits per heavy atom. The summed E-state index contributed by atoms with van der Waals surface area (Å²) in [6, 6.07) is 13.8. The van der Waals surface area contributed by atoms with Gasteiger partial charge in [-0.1, -0.05) is 38.1 Å². The Morgan fingerprint density at radius 3 is 2.46 bits per heavy atom. The zero-order valence-corrected chi connectivity index (χ0v) is 16.0. The van der Waals surface area contributed by atoms with E-state index in [9.17, 15) is 4.79 Å². The Balaban J connectivity index is 1.80. The maximum absolute atomic E-state index is 12.2. The first-order valence-electron chi connectivity index (χ1n) is 8.85. The van der Waals surface area contributed by atoms with Crippen LogP contribution in [-0.2, 0) is 11.2 Å². The summed E-state index contributed by atoms with van der Waals surface area (Å²) >= 11 is 0. The number of methoxy groups -OCH3 is 2. The molecule has 0 saturated heterocycles. The average Bonchev–Trinajstić information content (AvgIpc) is 2.65. The van der Waals surface area contributed by atoms with Crippen molar-refractivity contribution in [3.05, 3.63) is 53.6 Å². The Bertz CT molecular complexity index is 729. The topological polar surface area (TPSA) is 59.6 Å². The van der Waals surface area contributed by atoms with Gasteiger partial charge in [0.2, 0.25) is 5.91 Å². The third kappa shape index (κ3) is 5.49. The highest BCUT2D eigenvalue weighted by Crippen LogP contribution is 2.27. The summed E-state index contributed by atoms with van der Waals surface area (Å²) < 4.78 is 10.5. The molecule has 26 heavy (non-hydrogen) atoms. The van der Waals surface area contributed by atoms with E-state index in [0.717, 1.165) is 23.2 Å². The number of nitrogens with one attached hydrogen (secondary N) is 2. The largest absolute Gasteiger partial charge is 0.493 e. The first kappa shape index (κ1) is 19.8. The minimum atomic E-state index is -0.0367. The van der Waals surface area contributed by atoms with Gasteiger partial charge in [-0.05, 0) is 48.2 Å². The third-order valence-electron chi connectivity index (χ3n) is 4.18. The smallest absolute Gasteiger partial charge is 0.238 e. The van der Waals surface area contributed by atoms with Crippen LogP contribution in [0.2, 0.25) is 0 Å². The minimum absolute atomic E-state index is 0.0367. The first-order chi connectivity index (χ1) is 12.5. The number of hydrogen-bond donors (Lipinski definition) is 2. The summed E-state index contributed by atoms with van der Waals surface area (Å²) in [5, 5.41) is 6.17. The van der Waals surface area contributed by atoms with Crippen LogP contribution in [0.3, 0.4) is 0 Å². The van der Waals surface area contributed by atoms with Crippen molar-refractivity contribution in [2.75, 3.05) is 32.6 Å². The van der Waals surface area contributed by atoms with E-state index in [1.807, 2.05) is 42.5 Å². The number of ether oxygens (including phenoxy) is 2. The molecule has 0 aliphatic heterocycles. The predicted molar refractivity (Wildman–Crippen MR) is 105 cm³/mol. The highest BCUT2D eigenvalue weighted by atomic mass is 16.5. The van der Waals surface area contributed by atoms with Crippen LogP contribution >= 0.6 is 0 Å². The fraction of sp³-hybridized carbons (Fsp3) is 0.381. The van der Waals surface area contributed by atoms with E-state index < -0.39 is 0 Å². The van der Waals surface area contributed by atoms with Gasteiger partial charge in [0.15, 0.2) is 11.5 Å². The van der Waals surface area contributed by atoms with E-state index in [4.69, 9.17) is 9.47 Å². The van der Waals surface area contributed by atoms with Crippen LogP contribution in [0.15, 0.2) is 42.5 Å². The maximum Gasteiger partial charge on any atom is 0.238 e. The second-order valence-corrected chi connectivity index (χ2v) is 6.41. The van der Waals surface area contributed by atoms with E-state index >= 15 is 0 Å². The van der Waals surface area contributed by atoms with Crippen molar-refractivity contribution in [2.24, 2.45) is 0 Å². The number of rotatable bonds is 9. The van der Waals surface area contributed by atoms with Gasteiger partial charge < -0.3 is 20.1 Å². The number of amides is 1. The van der Waals surface area contributed by atoms with E-state index in [1.54, 1.807) is 14.2 Å². The molecule has 2 aromatic rings. The molecule has 0 fully saturated rings. The molecule has 140 valence electrons. The molecule has 0 radical (unpaired) electrons. The van der Waals surface area contributed by atoms with Crippen molar-refractivity contribution in [3.63, 3.8) is 0 Å². The molecule has 0 bridgehead atoms. The number of hydrogen-bond acceptors (Lipinski definition) is 4. The zero-order chi connectivity index (χ0) is 18.9. The van der Waals surface area contributed by atoms with Crippen molar-refractivity contribution < 1.29 is 14.3 Å². The van der Waals surface area contributed by atoms with Crippen LogP contribution in [0.5, 0.6) is 11.5 Å². The summed E-state index contributed by atoms with van der Waals surface area (Å²) in [5.74, 6) is 1.76. The summed E-state index contributed by atoms with van der Waals surface area (Å²) in [7, 11) is 3.24. The molecule has 0 aliphatic rings. The Labute approximate surface area is 155 Å². The molecule has 0 heterocycles. The van der Waals surface area contributed by atoms with Crippen molar-refractivity contribution >= 4 is 11.6 Å². The SMILES string of the molecule is COc1ccc(CCNCC(=O)Nc2ccccc2C(C)C)cc1OC. The summed E-state index contributed by atoms with van der Waals surface area (Å²) in [6.45, 7) is 5.22. The molecule has 2 N–H and O–H groups in total. The molecule has 0 saturated carbocycles. The van der Waals surface area contributed by atoms with E-state index in [-0.39, 0.29) is 12.5 Å². The predicted octanol–water partition coefficient (Wildman–Crippen LogP) is 3.60. The Hall–Kier alpha value is -2.53. The monoisotopic (exact) mass is 356 g/mol. The summed E-state index contributed by atoms with van der Waals surface area (Å²) in [6.07, 6.45) is 0.802. The van der Waals surface area contributed by atoms with Crippen molar-refractivity contribution in [2.45, 2.75) is 26.2 Å². The molecular weight excluding hydrogens is 328 g/mol. The molecule has 5 heteroatoms. The number of para-hydroxylation sites is 1. The number of benzene rings is 2. The molecule has 2 aromatic carbocycles. The summed E-state index contributed by atoms with van der Waals surface area (Å²) in [4.78, 5) is 12.2. The van der Waals surface area contributed by atoms with Crippen LogP contribution in [0.25, 0.3) is 0 Å². The molecule has 2 rings (SSSR count). The van der Waals surface area contributed by atoms with Gasteiger partial charge in [0.1, 0.15) is 0 Å². The van der Waals surface area contributed by atoms with Crippen molar-refractivity contribution in [1.82, 2.24) is 5.32 Å². The zero-order valence-electron chi connectivity index (χ0n) is 16.0. The van der Waals surface area contributed by atoms with Gasteiger partial charge in [0, 0.05) is 5.69 Å². The average molecular weight is 356 g/mol. The Morgan fingerprint density at radius 2 is 1.77 bits per heavy atom. The van der Waals surface area contributed by atoms with E-state index in [1.165, 1.54) is 0 Å². The van der Waals surface area contributed by atoms with Gasteiger partial charge in [-0.3, -0.25) is 4.79 Å². The first-order valence-corrected chi connectivity index (χ1v) is 8.85. The number of carbonyl (C=O) groups excluding carboxylic acids is 1. The van der Waals surface area contributed by atoms with Crippen LogP contribution in [0.4, 0.5) is 5.69 Å². The van der Waals surface area contributed by atoms with Gasteiger partial charge in [-0.25, -0.2) is 0 Å². The fourth-order valence-corrected chi connectivity index (χ4v) is 2.78. The number of carbonyl (C=O) groups is 1. The van der Waals surface area contributed by atoms with E-state index in [0.29, 0.717) is 24.0 Å². The quantitative estimate of drug-likeness (QED) is 0.674. The van der Waals surface area contributed by atoms with Gasteiger partial charge in [0.25, 0.3) is 0 Å². The normalized spacial score (nSPS) is 10.7. The standard InChI is InChI=1S/C21H28N2O3/c1-15(2)17-7-5-6-8-18(17)23-21(24)14-22-12-11-16-9-10-19(25-3)20(13-16)26-4/h5-10,13,15,22H,11-12,14H2,1-4H3,(H,23,24). The molecule has 1 amide bonds. The maximum atomic E-state index is 12.2. The molecule has 5 nitrogen and oxygen atoms in total. The van der Waals surface area contributed by atoms with Crippen molar-refractivity contribution in [1.29, 1.82) is 0 Å². The van der Waals surface area contributed by atoms with Crippen LogP contribution in [0.1, 0.15) is 30.9 Å². The molecule has 0 atom stereocenters. The summed E-state index contributed by atoms with van der Waals surface area (Å²) in [5.41, 5.74) is 3.15. The highest BCUT2D eigenvalue weighted by molar-refractivity contribution is 5.93. The van der Waals surface area contributed by atoms with Gasteiger partial charge >= 0.3 is 0 Å². The minimum Gasteiger partial charge on any atom is -0.493 e. The van der Waals surface area contributed by atoms with Crippen LogP contribution < -0.4 is 20.1 Å². The lowest BCUT2D eigenvalue weighted by molar-refractivity contribution is -0.115. The lowest BCUT2D eigenvalue weighted by Gasteiger charge is -2.14. The second kappa shape index (κ2) is 9.82. The highest BCUT2D eigenvalue weighted by Gasteiger charge is 2.09. The van der Waals surface area contributed by atoms with Crippen molar-refractivity contribution in [3.8, 4) is 11.5 Å². The van der Waals surface area contributed by atoms with Crippen LogP contribution in [-0.4, -0.2) is 33.2 Å². The lowest BCUT2D eigenvalue weighted by atomic mass is 10.0. The number of anilines is 1. The van der Waals surface area contributed by atoms with Gasteiger partial charge in [0.05, 0.1) is 20.8 Å². The van der Waals surface area contributed by atoms with Gasteiger partial charge in [-0.15, -0.1) is 0 Å².